The number of amides is 1. The molecule has 7 heteroatoms. The highest BCUT2D eigenvalue weighted by molar-refractivity contribution is 5.93. The molecule has 1 saturated heterocycles. The molecule has 1 aliphatic rings. The number of carbonyl (C=O) groups excluding carboxylic acids is 1. The third-order valence-corrected chi connectivity index (χ3v) is 4.12. The van der Waals surface area contributed by atoms with Crippen LogP contribution in [0.4, 0.5) is 0 Å². The van der Waals surface area contributed by atoms with E-state index in [9.17, 15) is 4.79 Å². The summed E-state index contributed by atoms with van der Waals surface area (Å²) in [4.78, 5) is 18.5. The molecule has 0 unspecified atom stereocenters. The predicted molar refractivity (Wildman–Crippen MR) is 80.6 cm³/mol. The molecule has 0 N–H and O–H groups in total. The molecule has 4 rings (SSSR count). The van der Waals surface area contributed by atoms with E-state index >= 15 is 0 Å². The molecule has 0 aromatic carbocycles. The zero-order chi connectivity index (χ0) is 15.6. The van der Waals surface area contributed by atoms with Crippen molar-refractivity contribution in [2.75, 3.05) is 13.1 Å². The van der Waals surface area contributed by atoms with Gasteiger partial charge in [-0.05, 0) is 25.0 Å². The van der Waals surface area contributed by atoms with Gasteiger partial charge in [0, 0.05) is 31.5 Å². The van der Waals surface area contributed by atoms with E-state index in [2.05, 4.69) is 14.7 Å². The first-order chi connectivity index (χ1) is 11.3. The number of likely N-dealkylation sites (tertiary alicyclic amines) is 1. The van der Waals surface area contributed by atoms with Crippen LogP contribution >= 0.6 is 0 Å². The highest BCUT2D eigenvalue weighted by Crippen LogP contribution is 2.24. The average molecular weight is 312 g/mol. The third-order valence-electron chi connectivity index (χ3n) is 4.12. The number of aromatic nitrogens is 3. The van der Waals surface area contributed by atoms with Crippen molar-refractivity contribution in [2.24, 2.45) is 0 Å². The summed E-state index contributed by atoms with van der Waals surface area (Å²) in [6.07, 6.45) is 9.04. The van der Waals surface area contributed by atoms with Crippen LogP contribution in [0.3, 0.4) is 0 Å². The van der Waals surface area contributed by atoms with Gasteiger partial charge in [-0.2, -0.15) is 0 Å². The minimum Gasteiger partial charge on any atom is -0.461 e. The summed E-state index contributed by atoms with van der Waals surface area (Å²) in [6.45, 7) is 1.38. The van der Waals surface area contributed by atoms with E-state index in [0.29, 0.717) is 23.8 Å². The number of rotatable bonds is 3. The zero-order valence-corrected chi connectivity index (χ0v) is 12.5. The monoisotopic (exact) mass is 312 g/mol. The van der Waals surface area contributed by atoms with Gasteiger partial charge in [-0.15, -0.1) is 0 Å². The molecular weight excluding hydrogens is 296 g/mol. The van der Waals surface area contributed by atoms with E-state index in [1.807, 2.05) is 11.1 Å². The van der Waals surface area contributed by atoms with Gasteiger partial charge >= 0.3 is 0 Å². The molecule has 1 aliphatic heterocycles. The van der Waals surface area contributed by atoms with Crippen LogP contribution in [-0.2, 0) is 0 Å². The second kappa shape index (κ2) is 5.75. The van der Waals surface area contributed by atoms with Crippen LogP contribution in [0.5, 0.6) is 0 Å². The molecule has 3 aromatic heterocycles. The van der Waals surface area contributed by atoms with Crippen molar-refractivity contribution < 1.29 is 13.7 Å². The van der Waals surface area contributed by atoms with Gasteiger partial charge in [0.15, 0.2) is 11.5 Å². The fourth-order valence-electron chi connectivity index (χ4n) is 2.94. The Morgan fingerprint density at radius 2 is 2.30 bits per heavy atom. The number of carbonyl (C=O) groups is 1. The molecule has 4 heterocycles. The Kier molecular flexibility index (Phi) is 3.45. The standard InChI is InChI=1S/C16H16N4O3/c21-16(13-9-15(23-18-13)14-4-2-8-22-14)19-6-1-3-12(10-19)20-7-5-17-11-20/h2,4-5,7-9,11-12H,1,3,6,10H2/t12-/m0/s1. The van der Waals surface area contributed by atoms with Gasteiger partial charge in [0.25, 0.3) is 5.91 Å². The average Bonchev–Trinajstić information content (AvgIpc) is 3.36. The number of hydrogen-bond acceptors (Lipinski definition) is 5. The summed E-state index contributed by atoms with van der Waals surface area (Å²) in [5.74, 6) is 0.907. The summed E-state index contributed by atoms with van der Waals surface area (Å²) in [6, 6.07) is 5.42. The summed E-state index contributed by atoms with van der Waals surface area (Å²) in [5, 5.41) is 3.89. The Morgan fingerprint density at radius 1 is 1.35 bits per heavy atom. The number of imidazole rings is 1. The van der Waals surface area contributed by atoms with Gasteiger partial charge in [0.1, 0.15) is 0 Å². The first-order valence-electron chi connectivity index (χ1n) is 7.58. The zero-order valence-electron chi connectivity index (χ0n) is 12.5. The quantitative estimate of drug-likeness (QED) is 0.743. The summed E-state index contributed by atoms with van der Waals surface area (Å²) < 4.78 is 12.5. The van der Waals surface area contributed by atoms with Gasteiger partial charge in [0.05, 0.1) is 18.6 Å². The molecule has 1 atom stereocenters. The second-order valence-electron chi connectivity index (χ2n) is 5.61. The van der Waals surface area contributed by atoms with Crippen LogP contribution in [0, 0.1) is 0 Å². The minimum atomic E-state index is -0.114. The van der Waals surface area contributed by atoms with Crippen molar-refractivity contribution in [1.82, 2.24) is 19.6 Å². The van der Waals surface area contributed by atoms with Gasteiger partial charge < -0.3 is 18.4 Å². The summed E-state index contributed by atoms with van der Waals surface area (Å²) >= 11 is 0. The topological polar surface area (TPSA) is 77.3 Å². The fourth-order valence-corrected chi connectivity index (χ4v) is 2.94. The second-order valence-corrected chi connectivity index (χ2v) is 5.61. The van der Waals surface area contributed by atoms with E-state index in [1.54, 1.807) is 37.0 Å². The maximum Gasteiger partial charge on any atom is 0.276 e. The highest BCUT2D eigenvalue weighted by Gasteiger charge is 2.27. The van der Waals surface area contributed by atoms with Crippen molar-refractivity contribution >= 4 is 5.91 Å². The Balaban J connectivity index is 1.50. The fraction of sp³-hybridized carbons (Fsp3) is 0.312. The van der Waals surface area contributed by atoms with Crippen LogP contribution in [0.2, 0.25) is 0 Å². The maximum absolute atomic E-state index is 12.6. The minimum absolute atomic E-state index is 0.114. The van der Waals surface area contributed by atoms with E-state index in [4.69, 9.17) is 8.94 Å². The van der Waals surface area contributed by atoms with Crippen LogP contribution < -0.4 is 0 Å². The summed E-state index contributed by atoms with van der Waals surface area (Å²) in [5.41, 5.74) is 0.308. The van der Waals surface area contributed by atoms with Crippen LogP contribution in [0.15, 0.2) is 52.1 Å². The predicted octanol–water partition coefficient (Wildman–Crippen LogP) is 2.61. The SMILES string of the molecule is O=C(c1cc(-c2ccco2)on1)N1CCC[C@H](n2ccnc2)C1. The van der Waals surface area contributed by atoms with Crippen molar-refractivity contribution in [3.8, 4) is 11.5 Å². The lowest BCUT2D eigenvalue weighted by atomic mass is 10.1. The van der Waals surface area contributed by atoms with Gasteiger partial charge in [-0.3, -0.25) is 4.79 Å². The van der Waals surface area contributed by atoms with Crippen LogP contribution in [0.1, 0.15) is 29.4 Å². The van der Waals surface area contributed by atoms with Gasteiger partial charge in [0.2, 0.25) is 5.76 Å². The Labute approximate surface area is 132 Å². The number of hydrogen-bond donors (Lipinski definition) is 0. The van der Waals surface area contributed by atoms with Crippen LogP contribution in [-0.4, -0.2) is 38.6 Å². The molecule has 0 aliphatic carbocycles. The third kappa shape index (κ3) is 2.65. The molecular formula is C16H16N4O3. The van der Waals surface area contributed by atoms with Crippen molar-refractivity contribution in [2.45, 2.75) is 18.9 Å². The number of piperidine rings is 1. The van der Waals surface area contributed by atoms with Crippen LogP contribution in [0.25, 0.3) is 11.5 Å². The van der Waals surface area contributed by atoms with Crippen molar-refractivity contribution in [1.29, 1.82) is 0 Å². The lowest BCUT2D eigenvalue weighted by molar-refractivity contribution is 0.0669. The molecule has 0 bridgehead atoms. The van der Waals surface area contributed by atoms with E-state index < -0.39 is 0 Å². The van der Waals surface area contributed by atoms with E-state index in [-0.39, 0.29) is 11.9 Å². The normalized spacial score (nSPS) is 18.3. The number of nitrogens with zero attached hydrogens (tertiary/aromatic N) is 4. The largest absolute Gasteiger partial charge is 0.461 e. The van der Waals surface area contributed by atoms with E-state index in [0.717, 1.165) is 19.4 Å². The van der Waals surface area contributed by atoms with E-state index in [1.165, 1.54) is 0 Å². The molecule has 3 aromatic rings. The molecule has 0 radical (unpaired) electrons. The number of furan rings is 1. The lowest BCUT2D eigenvalue weighted by Gasteiger charge is -2.32. The Hall–Kier alpha value is -2.83. The molecule has 0 saturated carbocycles. The summed E-state index contributed by atoms with van der Waals surface area (Å²) in [7, 11) is 0. The molecule has 7 nitrogen and oxygen atoms in total. The Bertz CT molecular complexity index is 776. The smallest absolute Gasteiger partial charge is 0.276 e. The molecule has 23 heavy (non-hydrogen) atoms. The molecule has 0 spiro atoms. The maximum atomic E-state index is 12.6. The molecule has 118 valence electrons. The first kappa shape index (κ1) is 13.8. The van der Waals surface area contributed by atoms with Crippen molar-refractivity contribution in [3.05, 3.63) is 48.9 Å². The first-order valence-corrected chi connectivity index (χ1v) is 7.58. The Morgan fingerprint density at radius 3 is 3.09 bits per heavy atom. The molecule has 1 fully saturated rings. The highest BCUT2D eigenvalue weighted by atomic mass is 16.5. The molecule has 1 amide bonds. The van der Waals surface area contributed by atoms with Crippen molar-refractivity contribution in [3.63, 3.8) is 0 Å². The van der Waals surface area contributed by atoms with Gasteiger partial charge in [-0.25, -0.2) is 4.98 Å². The lowest BCUT2D eigenvalue weighted by Crippen LogP contribution is -2.40. The van der Waals surface area contributed by atoms with Gasteiger partial charge in [-0.1, -0.05) is 5.16 Å².